The van der Waals surface area contributed by atoms with Crippen LogP contribution in [0.1, 0.15) is 17.1 Å². The number of fused-ring (bicyclic) bond motifs is 1. The zero-order valence-electron chi connectivity index (χ0n) is 12.6. The summed E-state index contributed by atoms with van der Waals surface area (Å²) in [5.74, 6) is 0.275. The van der Waals surface area contributed by atoms with Crippen molar-refractivity contribution < 1.29 is 12.9 Å². The predicted octanol–water partition coefficient (Wildman–Crippen LogP) is 2.11. The summed E-state index contributed by atoms with van der Waals surface area (Å²) in [6, 6.07) is 3.56. The quantitative estimate of drug-likeness (QED) is 0.758. The molecular formula is C14H15ClN4O3S. The Bertz CT molecular complexity index is 942. The average molecular weight is 355 g/mol. The third-order valence-electron chi connectivity index (χ3n) is 3.37. The Balaban J connectivity index is 1.71. The van der Waals surface area contributed by atoms with Gasteiger partial charge in [0.25, 0.3) is 0 Å². The molecule has 0 amide bonds. The third kappa shape index (κ3) is 3.24. The van der Waals surface area contributed by atoms with E-state index in [-0.39, 0.29) is 17.2 Å². The summed E-state index contributed by atoms with van der Waals surface area (Å²) in [4.78, 5) is 4.51. The SMILES string of the molecule is Cc1noc(C)c1S(=O)(=O)NCCc1cn2cc(Cl)ccc2n1. The highest BCUT2D eigenvalue weighted by Gasteiger charge is 2.23. The molecule has 0 fully saturated rings. The fourth-order valence-corrected chi connectivity index (χ4v) is 3.91. The van der Waals surface area contributed by atoms with Crippen molar-refractivity contribution in [2.75, 3.05) is 6.54 Å². The number of nitrogens with zero attached hydrogens (tertiary/aromatic N) is 3. The van der Waals surface area contributed by atoms with Crippen LogP contribution in [-0.2, 0) is 16.4 Å². The van der Waals surface area contributed by atoms with Crippen LogP contribution in [0.2, 0.25) is 5.02 Å². The van der Waals surface area contributed by atoms with Crippen LogP contribution in [0.15, 0.2) is 33.9 Å². The summed E-state index contributed by atoms with van der Waals surface area (Å²) in [5.41, 5.74) is 1.88. The van der Waals surface area contributed by atoms with E-state index < -0.39 is 10.0 Å². The minimum atomic E-state index is -3.65. The van der Waals surface area contributed by atoms with E-state index in [4.69, 9.17) is 16.1 Å². The van der Waals surface area contributed by atoms with E-state index in [9.17, 15) is 8.42 Å². The molecule has 122 valence electrons. The summed E-state index contributed by atoms with van der Waals surface area (Å²) < 4.78 is 33.8. The molecule has 0 radical (unpaired) electrons. The van der Waals surface area contributed by atoms with E-state index in [2.05, 4.69) is 14.9 Å². The Kier molecular flexibility index (Phi) is 4.13. The number of hydrogen-bond acceptors (Lipinski definition) is 5. The standard InChI is InChI=1S/C14H15ClN4O3S/c1-9-14(10(2)22-18-9)23(20,21)16-6-5-12-8-19-7-11(15)3-4-13(19)17-12/h3-4,7-8,16H,5-6H2,1-2H3. The van der Waals surface area contributed by atoms with Crippen LogP contribution >= 0.6 is 11.6 Å². The number of pyridine rings is 1. The van der Waals surface area contributed by atoms with Crippen LogP contribution in [-0.4, -0.2) is 29.5 Å². The van der Waals surface area contributed by atoms with Crippen LogP contribution in [0, 0.1) is 13.8 Å². The van der Waals surface area contributed by atoms with Crippen LogP contribution < -0.4 is 4.72 Å². The molecule has 9 heteroatoms. The fourth-order valence-electron chi connectivity index (χ4n) is 2.38. The summed E-state index contributed by atoms with van der Waals surface area (Å²) in [7, 11) is -3.65. The molecule has 7 nitrogen and oxygen atoms in total. The molecule has 3 aromatic heterocycles. The van der Waals surface area contributed by atoms with Crippen molar-refractivity contribution in [1.82, 2.24) is 19.3 Å². The van der Waals surface area contributed by atoms with E-state index in [1.54, 1.807) is 36.6 Å². The number of imidazole rings is 1. The first-order valence-corrected chi connectivity index (χ1v) is 8.78. The van der Waals surface area contributed by atoms with Crippen molar-refractivity contribution in [3.63, 3.8) is 0 Å². The zero-order chi connectivity index (χ0) is 16.6. The van der Waals surface area contributed by atoms with E-state index in [0.29, 0.717) is 17.1 Å². The highest BCUT2D eigenvalue weighted by molar-refractivity contribution is 7.89. The maximum Gasteiger partial charge on any atom is 0.245 e. The first-order chi connectivity index (χ1) is 10.9. The maximum absolute atomic E-state index is 12.3. The molecule has 0 aliphatic heterocycles. The largest absolute Gasteiger partial charge is 0.360 e. The Morgan fingerprint density at radius 1 is 1.30 bits per heavy atom. The van der Waals surface area contributed by atoms with Crippen LogP contribution in [0.3, 0.4) is 0 Å². The second-order valence-corrected chi connectivity index (χ2v) is 7.29. The van der Waals surface area contributed by atoms with Crippen molar-refractivity contribution >= 4 is 27.3 Å². The van der Waals surface area contributed by atoms with Crippen molar-refractivity contribution in [1.29, 1.82) is 0 Å². The second-order valence-electron chi connectivity index (χ2n) is 5.15. The first-order valence-electron chi connectivity index (χ1n) is 6.92. The Labute approximate surface area is 138 Å². The number of hydrogen-bond donors (Lipinski definition) is 1. The summed E-state index contributed by atoms with van der Waals surface area (Å²) in [5, 5.41) is 4.28. The lowest BCUT2D eigenvalue weighted by Gasteiger charge is -2.04. The third-order valence-corrected chi connectivity index (χ3v) is 5.30. The molecule has 0 bridgehead atoms. The normalized spacial score (nSPS) is 12.1. The molecule has 0 aromatic carbocycles. The van der Waals surface area contributed by atoms with Gasteiger partial charge in [0.2, 0.25) is 10.0 Å². The predicted molar refractivity (Wildman–Crippen MR) is 85.1 cm³/mol. The minimum absolute atomic E-state index is 0.0966. The summed E-state index contributed by atoms with van der Waals surface area (Å²) in [6.07, 6.45) is 4.04. The molecule has 0 saturated heterocycles. The van der Waals surface area contributed by atoms with Crippen molar-refractivity contribution in [3.8, 4) is 0 Å². The monoisotopic (exact) mass is 354 g/mol. The molecule has 0 atom stereocenters. The van der Waals surface area contributed by atoms with Gasteiger partial charge in [-0.2, -0.15) is 0 Å². The van der Waals surface area contributed by atoms with Crippen molar-refractivity contribution in [3.05, 3.63) is 46.7 Å². The average Bonchev–Trinajstić information content (AvgIpc) is 3.01. The smallest absolute Gasteiger partial charge is 0.245 e. The lowest BCUT2D eigenvalue weighted by Crippen LogP contribution is -2.26. The maximum atomic E-state index is 12.3. The van der Waals surface area contributed by atoms with Gasteiger partial charge in [-0.25, -0.2) is 18.1 Å². The molecule has 3 aromatic rings. The lowest BCUT2D eigenvalue weighted by atomic mass is 10.3. The zero-order valence-corrected chi connectivity index (χ0v) is 14.1. The van der Waals surface area contributed by atoms with Gasteiger partial charge in [0.1, 0.15) is 16.2 Å². The van der Waals surface area contributed by atoms with Gasteiger partial charge in [0.05, 0.1) is 10.7 Å². The van der Waals surface area contributed by atoms with Gasteiger partial charge in [-0.3, -0.25) is 0 Å². The Morgan fingerprint density at radius 3 is 2.78 bits per heavy atom. The topological polar surface area (TPSA) is 89.5 Å². The van der Waals surface area contributed by atoms with Gasteiger partial charge >= 0.3 is 0 Å². The second kappa shape index (κ2) is 5.95. The molecule has 0 aliphatic rings. The molecule has 1 N–H and O–H groups in total. The van der Waals surface area contributed by atoms with Crippen molar-refractivity contribution in [2.24, 2.45) is 0 Å². The van der Waals surface area contributed by atoms with Gasteiger partial charge in [-0.05, 0) is 26.0 Å². The van der Waals surface area contributed by atoms with Gasteiger partial charge in [0.15, 0.2) is 5.76 Å². The van der Waals surface area contributed by atoms with Gasteiger partial charge in [0, 0.05) is 25.4 Å². The highest BCUT2D eigenvalue weighted by Crippen LogP contribution is 2.18. The number of halogens is 1. The van der Waals surface area contributed by atoms with Crippen LogP contribution in [0.5, 0.6) is 0 Å². The number of aryl methyl sites for hydroxylation is 2. The number of rotatable bonds is 5. The molecular weight excluding hydrogens is 340 g/mol. The molecule has 0 unspecified atom stereocenters. The van der Waals surface area contributed by atoms with E-state index in [1.807, 2.05) is 6.20 Å². The number of sulfonamides is 1. The molecule has 3 heterocycles. The summed E-state index contributed by atoms with van der Waals surface area (Å²) in [6.45, 7) is 3.39. The van der Waals surface area contributed by atoms with E-state index >= 15 is 0 Å². The molecule has 0 spiro atoms. The Morgan fingerprint density at radius 2 is 2.09 bits per heavy atom. The van der Waals surface area contributed by atoms with Crippen LogP contribution in [0.25, 0.3) is 5.65 Å². The minimum Gasteiger partial charge on any atom is -0.360 e. The molecule has 0 aliphatic carbocycles. The van der Waals surface area contributed by atoms with Gasteiger partial charge < -0.3 is 8.92 Å². The van der Waals surface area contributed by atoms with E-state index in [0.717, 1.165) is 11.3 Å². The Hall–Kier alpha value is -1.90. The first kappa shape index (κ1) is 16.0. The van der Waals surface area contributed by atoms with Gasteiger partial charge in [-0.1, -0.05) is 16.8 Å². The molecule has 3 rings (SSSR count). The van der Waals surface area contributed by atoms with E-state index in [1.165, 1.54) is 0 Å². The lowest BCUT2D eigenvalue weighted by molar-refractivity contribution is 0.390. The fraction of sp³-hybridized carbons (Fsp3) is 0.286. The molecule has 23 heavy (non-hydrogen) atoms. The number of nitrogens with one attached hydrogen (secondary N) is 1. The molecule has 0 saturated carbocycles. The number of aromatic nitrogens is 3. The van der Waals surface area contributed by atoms with Crippen LogP contribution in [0.4, 0.5) is 0 Å². The van der Waals surface area contributed by atoms with Crippen molar-refractivity contribution in [2.45, 2.75) is 25.2 Å². The summed E-state index contributed by atoms with van der Waals surface area (Å²) >= 11 is 5.92. The highest BCUT2D eigenvalue weighted by atomic mass is 35.5. The van der Waals surface area contributed by atoms with Gasteiger partial charge in [-0.15, -0.1) is 0 Å².